The van der Waals surface area contributed by atoms with Crippen LogP contribution in [-0.4, -0.2) is 40.5 Å². The minimum Gasteiger partial charge on any atom is -0.477 e. The third kappa shape index (κ3) is 4.89. The molecule has 9 heteroatoms. The number of rotatable bonds is 7. The van der Waals surface area contributed by atoms with Gasteiger partial charge in [-0.3, -0.25) is 0 Å². The molecular formula is C23H21NO7S. The zero-order valence-electron chi connectivity index (χ0n) is 17.4. The molecule has 0 spiro atoms. The van der Waals surface area contributed by atoms with Crippen LogP contribution in [0.1, 0.15) is 0 Å². The zero-order chi connectivity index (χ0) is 23.1. The second kappa shape index (κ2) is 9.97. The van der Waals surface area contributed by atoms with Crippen molar-refractivity contribution in [3.05, 3.63) is 90.3 Å². The number of nitrogens with zero attached hydrogens (tertiary/aromatic N) is 1. The van der Waals surface area contributed by atoms with Gasteiger partial charge in [0.1, 0.15) is 11.4 Å². The van der Waals surface area contributed by atoms with Crippen molar-refractivity contribution in [2.24, 2.45) is 0 Å². The number of methoxy groups -OCH3 is 2. The highest BCUT2D eigenvalue weighted by molar-refractivity contribution is 7.91. The fourth-order valence-corrected chi connectivity index (χ4v) is 4.19. The van der Waals surface area contributed by atoms with Gasteiger partial charge in [-0.2, -0.15) is 0 Å². The van der Waals surface area contributed by atoms with Gasteiger partial charge in [0, 0.05) is 6.20 Å². The van der Waals surface area contributed by atoms with Crippen molar-refractivity contribution in [3.63, 3.8) is 0 Å². The largest absolute Gasteiger partial charge is 0.477 e. The van der Waals surface area contributed by atoms with Crippen LogP contribution in [0.4, 0.5) is 5.69 Å². The zero-order valence-corrected chi connectivity index (χ0v) is 18.2. The summed E-state index contributed by atoms with van der Waals surface area (Å²) >= 11 is 0. The molecule has 1 aliphatic rings. The van der Waals surface area contributed by atoms with E-state index in [-0.39, 0.29) is 21.9 Å². The number of allylic oxidation sites excluding steroid dienone is 2. The standard InChI is InChI=1S/C23H21NO7S/c1-29-22(25)18-12-8-9-15-24(21(18)23(26)30-2)19-13-6-7-14-20(19)32(27,28)16-31-17-10-4-3-5-11-17/h3-15H,16H2,1-2H3. The number of para-hydroxylation sites is 2. The van der Waals surface area contributed by atoms with Crippen LogP contribution in [0.5, 0.6) is 5.75 Å². The third-order valence-electron chi connectivity index (χ3n) is 4.47. The second-order valence-electron chi connectivity index (χ2n) is 6.47. The molecule has 0 N–H and O–H groups in total. The summed E-state index contributed by atoms with van der Waals surface area (Å²) in [6.45, 7) is 0. The van der Waals surface area contributed by atoms with Gasteiger partial charge in [0.15, 0.2) is 5.94 Å². The van der Waals surface area contributed by atoms with E-state index in [1.54, 1.807) is 48.5 Å². The lowest BCUT2D eigenvalue weighted by atomic mass is 10.1. The smallest absolute Gasteiger partial charge is 0.355 e. The number of carbonyl (C=O) groups is 2. The summed E-state index contributed by atoms with van der Waals surface area (Å²) in [5.41, 5.74) is -0.126. The Kier molecular flexibility index (Phi) is 7.11. The molecule has 166 valence electrons. The van der Waals surface area contributed by atoms with E-state index in [1.807, 2.05) is 0 Å². The first kappa shape index (κ1) is 22.8. The van der Waals surface area contributed by atoms with Gasteiger partial charge < -0.3 is 19.1 Å². The number of ether oxygens (including phenoxy) is 3. The monoisotopic (exact) mass is 455 g/mol. The molecule has 32 heavy (non-hydrogen) atoms. The minimum absolute atomic E-state index is 0.0860. The number of sulfone groups is 1. The summed E-state index contributed by atoms with van der Waals surface area (Å²) in [6, 6.07) is 14.6. The van der Waals surface area contributed by atoms with E-state index in [1.165, 1.54) is 42.5 Å². The van der Waals surface area contributed by atoms with Crippen molar-refractivity contribution < 1.29 is 32.2 Å². The van der Waals surface area contributed by atoms with Crippen molar-refractivity contribution in [3.8, 4) is 5.75 Å². The molecule has 0 aliphatic carbocycles. The number of hydrogen-bond donors (Lipinski definition) is 0. The quantitative estimate of drug-likeness (QED) is 0.588. The number of benzene rings is 2. The lowest BCUT2D eigenvalue weighted by molar-refractivity contribution is -0.139. The Morgan fingerprint density at radius 2 is 1.53 bits per heavy atom. The summed E-state index contributed by atoms with van der Waals surface area (Å²) in [5.74, 6) is -1.83. The van der Waals surface area contributed by atoms with Crippen molar-refractivity contribution >= 4 is 27.5 Å². The van der Waals surface area contributed by atoms with Gasteiger partial charge in [-0.25, -0.2) is 18.0 Å². The highest BCUT2D eigenvalue weighted by atomic mass is 32.2. The van der Waals surface area contributed by atoms with Gasteiger partial charge in [0.25, 0.3) is 0 Å². The van der Waals surface area contributed by atoms with E-state index in [0.717, 1.165) is 7.11 Å². The molecule has 2 aromatic carbocycles. The molecule has 1 aliphatic heterocycles. The molecule has 0 saturated heterocycles. The predicted molar refractivity (Wildman–Crippen MR) is 117 cm³/mol. The SMILES string of the molecule is COC(=O)C1=C(C(=O)OC)N(c2ccccc2S(=O)(=O)COc2ccccc2)C=CC=C1. The topological polar surface area (TPSA) is 99.2 Å². The molecule has 8 nitrogen and oxygen atoms in total. The molecule has 0 bridgehead atoms. The van der Waals surface area contributed by atoms with Crippen LogP contribution in [0.3, 0.4) is 0 Å². The van der Waals surface area contributed by atoms with Gasteiger partial charge in [-0.05, 0) is 36.4 Å². The van der Waals surface area contributed by atoms with Gasteiger partial charge >= 0.3 is 11.9 Å². The normalized spacial score (nSPS) is 13.5. The van der Waals surface area contributed by atoms with Crippen LogP contribution < -0.4 is 9.64 Å². The predicted octanol–water partition coefficient (Wildman–Crippen LogP) is 2.99. The Labute approximate surface area is 185 Å². The van der Waals surface area contributed by atoms with E-state index < -0.39 is 27.7 Å². The second-order valence-corrected chi connectivity index (χ2v) is 8.38. The minimum atomic E-state index is -3.96. The molecule has 0 aromatic heterocycles. The Balaban J connectivity index is 2.09. The van der Waals surface area contributed by atoms with E-state index in [4.69, 9.17) is 14.2 Å². The Morgan fingerprint density at radius 1 is 0.875 bits per heavy atom. The first-order chi connectivity index (χ1) is 15.4. The Hall–Kier alpha value is -3.85. The summed E-state index contributed by atoms with van der Waals surface area (Å²) in [7, 11) is -1.61. The molecule has 2 aromatic rings. The van der Waals surface area contributed by atoms with Crippen LogP contribution in [0.15, 0.2) is 95.2 Å². The molecule has 0 amide bonds. The molecular weight excluding hydrogens is 434 g/mol. The van der Waals surface area contributed by atoms with Gasteiger partial charge in [0.2, 0.25) is 9.84 Å². The van der Waals surface area contributed by atoms with Crippen molar-refractivity contribution in [1.29, 1.82) is 0 Å². The maximum atomic E-state index is 13.2. The van der Waals surface area contributed by atoms with Crippen LogP contribution in [0.2, 0.25) is 0 Å². The lowest BCUT2D eigenvalue weighted by Crippen LogP contribution is -2.28. The van der Waals surface area contributed by atoms with Crippen molar-refractivity contribution in [2.75, 3.05) is 25.1 Å². The Bertz CT molecular complexity index is 1200. The van der Waals surface area contributed by atoms with E-state index >= 15 is 0 Å². The van der Waals surface area contributed by atoms with E-state index in [9.17, 15) is 18.0 Å². The maximum Gasteiger partial charge on any atom is 0.355 e. The molecule has 0 atom stereocenters. The summed E-state index contributed by atoms with van der Waals surface area (Å²) < 4.78 is 41.4. The first-order valence-corrected chi connectivity index (χ1v) is 11.1. The lowest BCUT2D eigenvalue weighted by Gasteiger charge is -2.25. The summed E-state index contributed by atoms with van der Waals surface area (Å²) in [6.07, 6.45) is 5.95. The van der Waals surface area contributed by atoms with Crippen LogP contribution in [-0.2, 0) is 28.9 Å². The van der Waals surface area contributed by atoms with Crippen LogP contribution >= 0.6 is 0 Å². The van der Waals surface area contributed by atoms with Crippen LogP contribution in [0, 0.1) is 0 Å². The fraction of sp³-hybridized carbons (Fsp3) is 0.130. The van der Waals surface area contributed by atoms with Crippen molar-refractivity contribution in [2.45, 2.75) is 4.90 Å². The number of carbonyl (C=O) groups excluding carboxylic acids is 2. The van der Waals surface area contributed by atoms with Crippen molar-refractivity contribution in [1.82, 2.24) is 0 Å². The molecule has 1 heterocycles. The van der Waals surface area contributed by atoms with Crippen LogP contribution in [0.25, 0.3) is 0 Å². The van der Waals surface area contributed by atoms with Gasteiger partial charge in [0.05, 0.1) is 30.4 Å². The summed E-state index contributed by atoms with van der Waals surface area (Å²) in [5, 5.41) is 0. The van der Waals surface area contributed by atoms with E-state index in [2.05, 4.69) is 0 Å². The highest BCUT2D eigenvalue weighted by Gasteiger charge is 2.31. The maximum absolute atomic E-state index is 13.2. The highest BCUT2D eigenvalue weighted by Crippen LogP contribution is 2.32. The fourth-order valence-electron chi connectivity index (χ4n) is 3.00. The molecule has 0 unspecified atom stereocenters. The average molecular weight is 455 g/mol. The van der Waals surface area contributed by atoms with E-state index in [0.29, 0.717) is 5.75 Å². The van der Waals surface area contributed by atoms with Gasteiger partial charge in [-0.1, -0.05) is 36.4 Å². The first-order valence-electron chi connectivity index (χ1n) is 9.43. The number of hydrogen-bond acceptors (Lipinski definition) is 8. The van der Waals surface area contributed by atoms with Gasteiger partial charge in [-0.15, -0.1) is 0 Å². The molecule has 0 fully saturated rings. The average Bonchev–Trinajstić information content (AvgIpc) is 3.05. The molecule has 0 radical (unpaired) electrons. The summed E-state index contributed by atoms with van der Waals surface area (Å²) in [4.78, 5) is 26.2. The third-order valence-corrected chi connectivity index (χ3v) is 5.92. The Morgan fingerprint density at radius 3 is 2.22 bits per heavy atom. The number of esters is 2. The number of anilines is 1. The molecule has 0 saturated carbocycles. The molecule has 3 rings (SSSR count).